The molecule has 0 spiro atoms. The van der Waals surface area contributed by atoms with Crippen LogP contribution in [0.1, 0.15) is 64.0 Å². The fraction of sp³-hybridized carbons (Fsp3) is 0.500. The third-order valence-electron chi connectivity index (χ3n) is 10.4. The number of benzene rings is 2. The van der Waals surface area contributed by atoms with Gasteiger partial charge in [-0.15, -0.1) is 0 Å². The van der Waals surface area contributed by atoms with Gasteiger partial charge < -0.3 is 75.1 Å². The minimum atomic E-state index is -1.78. The van der Waals surface area contributed by atoms with Crippen molar-refractivity contribution >= 4 is 76.9 Å². The molecule has 0 unspecified atom stereocenters. The van der Waals surface area contributed by atoms with E-state index >= 15 is 0 Å². The zero-order valence-electron chi connectivity index (χ0n) is 40.6. The van der Waals surface area contributed by atoms with Crippen LogP contribution in [-0.2, 0) is 60.8 Å². The number of phenols is 1. The Hall–Kier alpha value is -7.48. The van der Waals surface area contributed by atoms with Gasteiger partial charge in [0.2, 0.25) is 47.3 Å². The van der Waals surface area contributed by atoms with Gasteiger partial charge >= 0.3 is 11.9 Å². The number of aliphatic carboxylic acids is 2. The van der Waals surface area contributed by atoms with E-state index < -0.39 is 121 Å². The number of rotatable bonds is 32. The molecule has 0 aliphatic heterocycles. The molecule has 8 amide bonds. The molecule has 396 valence electrons. The van der Waals surface area contributed by atoms with Crippen molar-refractivity contribution in [1.82, 2.24) is 42.5 Å². The molecule has 2 rings (SSSR count). The number of hydrogen-bond acceptors (Lipinski definition) is 14. The molecule has 0 saturated carbocycles. The molecule has 0 saturated heterocycles. The maximum atomic E-state index is 13.5. The van der Waals surface area contributed by atoms with E-state index in [1.165, 1.54) is 43.0 Å². The molecule has 72 heavy (non-hydrogen) atoms. The Balaban J connectivity index is 2.06. The smallest absolute Gasteiger partial charge is 0.326 e. The van der Waals surface area contributed by atoms with Crippen LogP contribution >= 0.6 is 11.8 Å². The fourth-order valence-corrected chi connectivity index (χ4v) is 7.17. The van der Waals surface area contributed by atoms with Crippen molar-refractivity contribution in [2.24, 2.45) is 28.1 Å². The highest BCUT2D eigenvalue weighted by Crippen LogP contribution is 2.13. The van der Waals surface area contributed by atoms with E-state index in [0.717, 1.165) is 5.56 Å². The maximum Gasteiger partial charge on any atom is 0.326 e. The van der Waals surface area contributed by atoms with E-state index in [-0.39, 0.29) is 62.7 Å². The summed E-state index contributed by atoms with van der Waals surface area (Å²) in [6, 6.07) is 5.28. The number of carboxylic acid groups (broad SMARTS) is 2. The van der Waals surface area contributed by atoms with Gasteiger partial charge in [0.1, 0.15) is 42.0 Å². The lowest BCUT2D eigenvalue weighted by atomic mass is 10.0. The SMILES string of the molecule is CSCC[C@H](NC(=O)[C@H](C)NC(=O)CNC(=O)[C@H](CCCN=C(N)N)NC(=O)CNC(=O)[C@H](CC(C)C)NC(=O)[C@@H](N)Cc1ccccc1)C(=O)N[C@@H](CC(=O)O)C(=O)N[C@@H](Cc1ccc(O)cc1)C(=O)O. The summed E-state index contributed by atoms with van der Waals surface area (Å²) in [5.41, 5.74) is 18.2. The summed E-state index contributed by atoms with van der Waals surface area (Å²) in [6.45, 7) is 3.75. The Bertz CT molecular complexity index is 2200. The number of nitrogens with zero attached hydrogens (tertiary/aromatic N) is 1. The Morgan fingerprint density at radius 3 is 1.71 bits per heavy atom. The fourth-order valence-electron chi connectivity index (χ4n) is 6.70. The number of thioether (sulfide) groups is 1. The van der Waals surface area contributed by atoms with Crippen LogP contribution in [0, 0.1) is 5.92 Å². The number of carboxylic acids is 2. The first kappa shape index (κ1) is 60.6. The number of phenolic OH excluding ortho intramolecular Hbond substituents is 1. The van der Waals surface area contributed by atoms with Crippen molar-refractivity contribution in [3.05, 3.63) is 65.7 Å². The lowest BCUT2D eigenvalue weighted by molar-refractivity contribution is -0.143. The molecule has 0 radical (unpaired) electrons. The third kappa shape index (κ3) is 23.9. The predicted octanol–water partition coefficient (Wildman–Crippen LogP) is -2.92. The van der Waals surface area contributed by atoms with Crippen LogP contribution in [0.4, 0.5) is 0 Å². The highest BCUT2D eigenvalue weighted by Gasteiger charge is 2.32. The number of guanidine groups is 1. The van der Waals surface area contributed by atoms with Crippen molar-refractivity contribution in [3.63, 3.8) is 0 Å². The number of carbonyl (C=O) groups excluding carboxylic acids is 8. The molecule has 25 nitrogen and oxygen atoms in total. The van der Waals surface area contributed by atoms with Crippen LogP contribution in [0.5, 0.6) is 5.75 Å². The number of carbonyl (C=O) groups is 10. The lowest BCUT2D eigenvalue weighted by Crippen LogP contribution is -2.58. The van der Waals surface area contributed by atoms with Crippen molar-refractivity contribution in [2.45, 2.75) is 108 Å². The normalized spacial score (nSPS) is 13.8. The topological polar surface area (TPSA) is 418 Å². The van der Waals surface area contributed by atoms with Gasteiger partial charge in [0.25, 0.3) is 0 Å². The Labute approximate surface area is 420 Å². The molecule has 2 aromatic carbocycles. The van der Waals surface area contributed by atoms with Gasteiger partial charge in [-0.05, 0) is 80.2 Å². The quantitative estimate of drug-likeness (QED) is 0.0198. The molecule has 2 aromatic rings. The summed E-state index contributed by atoms with van der Waals surface area (Å²) >= 11 is 1.30. The van der Waals surface area contributed by atoms with Crippen molar-refractivity contribution < 1.29 is 63.3 Å². The van der Waals surface area contributed by atoms with Gasteiger partial charge in [0.15, 0.2) is 5.96 Å². The minimum Gasteiger partial charge on any atom is -0.508 e. The standard InChI is InChI=1S/C46H68N12O13S/c1-25(2)19-33(56-40(65)30(47)20-27-9-6-5-7-10-27)42(67)52-24-37(61)54-31(11-8-17-50-46(48)49)41(66)51-23-36(60)53-26(3)39(64)55-32(16-18-72-4)43(68)57-34(22-38(62)63)44(69)58-35(45(70)71)21-28-12-14-29(59)15-13-28/h5-7,9-10,12-15,25-26,30-35,59H,8,11,16-24,47H2,1-4H3,(H,51,66)(H,52,67)(H,53,60)(H,54,61)(H,55,64)(H,56,65)(H,57,68)(H,58,69)(H,62,63)(H,70,71)(H4,48,49,50)/t26-,30-,31-,32-,33-,34-,35-/m0/s1. The summed E-state index contributed by atoms with van der Waals surface area (Å²) in [7, 11) is 0. The van der Waals surface area contributed by atoms with Crippen molar-refractivity contribution in [2.75, 3.05) is 31.6 Å². The largest absolute Gasteiger partial charge is 0.508 e. The second-order valence-electron chi connectivity index (χ2n) is 17.1. The second kappa shape index (κ2) is 31.7. The van der Waals surface area contributed by atoms with Gasteiger partial charge in [-0.25, -0.2) is 4.79 Å². The zero-order chi connectivity index (χ0) is 53.9. The highest BCUT2D eigenvalue weighted by atomic mass is 32.2. The van der Waals surface area contributed by atoms with Crippen LogP contribution in [0.2, 0.25) is 0 Å². The minimum absolute atomic E-state index is 0.0194. The first-order chi connectivity index (χ1) is 34.0. The lowest BCUT2D eigenvalue weighted by Gasteiger charge is -2.25. The molecule has 17 N–H and O–H groups in total. The van der Waals surface area contributed by atoms with Crippen LogP contribution in [0.25, 0.3) is 0 Å². The number of aliphatic imine (C=N–C) groups is 1. The van der Waals surface area contributed by atoms with Gasteiger partial charge in [0.05, 0.1) is 25.6 Å². The van der Waals surface area contributed by atoms with E-state index in [1.54, 1.807) is 6.26 Å². The summed E-state index contributed by atoms with van der Waals surface area (Å²) in [6.07, 6.45) is 1.11. The first-order valence-electron chi connectivity index (χ1n) is 22.9. The Kier molecular flexibility index (Phi) is 26.7. The summed E-state index contributed by atoms with van der Waals surface area (Å²) in [5.74, 6) is -9.71. The van der Waals surface area contributed by atoms with Gasteiger partial charge in [-0.3, -0.25) is 48.1 Å². The summed E-state index contributed by atoms with van der Waals surface area (Å²) < 4.78 is 0. The van der Waals surface area contributed by atoms with Crippen LogP contribution in [-0.4, -0.2) is 154 Å². The average molecular weight is 1030 g/mol. The molecule has 0 aliphatic carbocycles. The number of nitrogens with one attached hydrogen (secondary N) is 8. The molecule has 0 bridgehead atoms. The van der Waals surface area contributed by atoms with E-state index in [9.17, 15) is 63.3 Å². The highest BCUT2D eigenvalue weighted by molar-refractivity contribution is 7.98. The van der Waals surface area contributed by atoms with Gasteiger partial charge in [-0.2, -0.15) is 11.8 Å². The average Bonchev–Trinajstić information content (AvgIpc) is 3.31. The van der Waals surface area contributed by atoms with Crippen LogP contribution in [0.3, 0.4) is 0 Å². The molecule has 0 aromatic heterocycles. The monoisotopic (exact) mass is 1030 g/mol. The van der Waals surface area contributed by atoms with Gasteiger partial charge in [0, 0.05) is 13.0 Å². The van der Waals surface area contributed by atoms with E-state index in [2.05, 4.69) is 47.5 Å². The first-order valence-corrected chi connectivity index (χ1v) is 24.3. The Morgan fingerprint density at radius 1 is 0.611 bits per heavy atom. The van der Waals surface area contributed by atoms with E-state index in [1.807, 2.05) is 44.2 Å². The third-order valence-corrected chi connectivity index (χ3v) is 11.1. The maximum absolute atomic E-state index is 13.5. The molecular weight excluding hydrogens is 961 g/mol. The van der Waals surface area contributed by atoms with Crippen LogP contribution < -0.4 is 59.7 Å². The number of nitrogens with two attached hydrogens (primary N) is 3. The second-order valence-corrected chi connectivity index (χ2v) is 18.0. The summed E-state index contributed by atoms with van der Waals surface area (Å²) in [4.78, 5) is 133. The number of hydrogen-bond donors (Lipinski definition) is 14. The van der Waals surface area contributed by atoms with E-state index in [4.69, 9.17) is 17.2 Å². The Morgan fingerprint density at radius 2 is 1.14 bits per heavy atom. The molecule has 0 aliphatic rings. The molecule has 0 heterocycles. The zero-order valence-corrected chi connectivity index (χ0v) is 41.4. The molecule has 26 heteroatoms. The number of aromatic hydroxyl groups is 1. The predicted molar refractivity (Wildman–Crippen MR) is 265 cm³/mol. The van der Waals surface area contributed by atoms with Crippen molar-refractivity contribution in [1.29, 1.82) is 0 Å². The van der Waals surface area contributed by atoms with Gasteiger partial charge in [-0.1, -0.05) is 56.3 Å². The summed E-state index contributed by atoms with van der Waals surface area (Å²) in [5, 5.41) is 48.2. The molecule has 7 atom stereocenters. The molecule has 0 fully saturated rings. The number of amides is 8. The van der Waals surface area contributed by atoms with Crippen LogP contribution in [0.15, 0.2) is 59.6 Å². The van der Waals surface area contributed by atoms with Crippen molar-refractivity contribution in [3.8, 4) is 5.75 Å². The van der Waals surface area contributed by atoms with E-state index in [0.29, 0.717) is 11.3 Å². The molecular formula is C46H68N12O13S.